The van der Waals surface area contributed by atoms with E-state index >= 15 is 0 Å². The second kappa shape index (κ2) is 9.94. The second-order valence-corrected chi connectivity index (χ2v) is 10.5. The molecule has 0 saturated carbocycles. The Hall–Kier alpha value is -3.25. The maximum atomic E-state index is 13.0. The van der Waals surface area contributed by atoms with Crippen molar-refractivity contribution in [2.45, 2.75) is 24.3 Å². The van der Waals surface area contributed by atoms with Crippen molar-refractivity contribution in [3.05, 3.63) is 47.0 Å². The molecular formula is C22H21FN2O7S2. The number of nitrogens with zero attached hydrogens (tertiary/aromatic N) is 2. The maximum Gasteiger partial charge on any atom is 0.325 e. The van der Waals surface area contributed by atoms with Crippen molar-refractivity contribution in [1.29, 1.82) is 0 Å². The highest BCUT2D eigenvalue weighted by Crippen LogP contribution is 2.35. The van der Waals surface area contributed by atoms with E-state index in [1.807, 2.05) is 0 Å². The number of hydrogen-bond acceptors (Lipinski definition) is 8. The van der Waals surface area contributed by atoms with Crippen molar-refractivity contribution in [2.75, 3.05) is 26.1 Å². The molecule has 0 radical (unpaired) electrons. The molecule has 0 spiro atoms. The monoisotopic (exact) mass is 508 g/mol. The van der Waals surface area contributed by atoms with E-state index in [-0.39, 0.29) is 34.8 Å². The highest BCUT2D eigenvalue weighted by Gasteiger charge is 2.19. The smallest absolute Gasteiger partial charge is 0.325 e. The number of sulfone groups is 1. The van der Waals surface area contributed by atoms with Crippen LogP contribution in [0.4, 0.5) is 4.39 Å². The lowest BCUT2D eigenvalue weighted by Crippen LogP contribution is -2.22. The molecule has 0 atom stereocenters. The number of esters is 1. The normalized spacial score (nSPS) is 13.8. The fourth-order valence-electron chi connectivity index (χ4n) is 3.37. The number of fused-ring (bicyclic) bond motifs is 2. The van der Waals surface area contributed by atoms with E-state index in [4.69, 9.17) is 14.2 Å². The van der Waals surface area contributed by atoms with Gasteiger partial charge in [-0.15, -0.1) is 0 Å². The molecule has 0 bridgehead atoms. The van der Waals surface area contributed by atoms with Crippen LogP contribution < -0.4 is 14.3 Å². The minimum atomic E-state index is -3.66. The highest BCUT2D eigenvalue weighted by atomic mass is 32.2. The number of carbonyl (C=O) groups is 2. The third-order valence-electron chi connectivity index (χ3n) is 5.06. The molecule has 3 aromatic rings. The molecule has 9 nitrogen and oxygen atoms in total. The second-order valence-electron chi connectivity index (χ2n) is 7.39. The van der Waals surface area contributed by atoms with Crippen LogP contribution in [0.5, 0.6) is 11.5 Å². The molecule has 1 aliphatic heterocycles. The van der Waals surface area contributed by atoms with Gasteiger partial charge in [-0.3, -0.25) is 9.59 Å². The van der Waals surface area contributed by atoms with Gasteiger partial charge in [-0.25, -0.2) is 12.8 Å². The molecule has 12 heteroatoms. The van der Waals surface area contributed by atoms with E-state index in [0.29, 0.717) is 30.2 Å². The van der Waals surface area contributed by atoms with Crippen molar-refractivity contribution in [2.24, 2.45) is 4.99 Å². The molecule has 1 aliphatic rings. The summed E-state index contributed by atoms with van der Waals surface area (Å²) in [6.45, 7) is 0.653. The Morgan fingerprint density at radius 3 is 2.50 bits per heavy atom. The van der Waals surface area contributed by atoms with Gasteiger partial charge in [0.25, 0.3) is 0 Å². The number of hydrogen-bond donors (Lipinski definition) is 0. The van der Waals surface area contributed by atoms with Gasteiger partial charge in [0.2, 0.25) is 5.91 Å². The summed E-state index contributed by atoms with van der Waals surface area (Å²) in [5, 5.41) is 0. The van der Waals surface area contributed by atoms with Crippen molar-refractivity contribution in [3.8, 4) is 11.5 Å². The molecule has 0 fully saturated rings. The van der Waals surface area contributed by atoms with Crippen LogP contribution in [0.2, 0.25) is 0 Å². The van der Waals surface area contributed by atoms with E-state index in [1.165, 1.54) is 30.6 Å². The Morgan fingerprint density at radius 1 is 1.15 bits per heavy atom. The standard InChI is InChI=1S/C22H21FN2O7S2/c1-30-21(27)13-25-16-11-17-18(32-9-8-31-17)12-19(16)33-22(25)24-20(26)3-2-10-34(28,29)15-6-4-14(23)5-7-15/h4-7,11-12H,2-3,8-10,13H2,1H3. The van der Waals surface area contributed by atoms with E-state index in [1.54, 1.807) is 16.7 Å². The van der Waals surface area contributed by atoms with Gasteiger partial charge in [-0.2, -0.15) is 4.99 Å². The van der Waals surface area contributed by atoms with Gasteiger partial charge in [0.1, 0.15) is 25.6 Å². The first kappa shape index (κ1) is 23.9. The lowest BCUT2D eigenvalue weighted by molar-refractivity contribution is -0.141. The van der Waals surface area contributed by atoms with E-state index in [2.05, 4.69) is 4.99 Å². The van der Waals surface area contributed by atoms with Crippen molar-refractivity contribution < 1.29 is 36.6 Å². The van der Waals surface area contributed by atoms with Crippen LogP contribution in [0, 0.1) is 5.82 Å². The maximum absolute atomic E-state index is 13.0. The predicted octanol–water partition coefficient (Wildman–Crippen LogP) is 2.47. The molecule has 180 valence electrons. The quantitative estimate of drug-likeness (QED) is 0.356. The number of methoxy groups -OCH3 is 1. The molecule has 1 aromatic heterocycles. The van der Waals surface area contributed by atoms with Gasteiger partial charge in [-0.05, 0) is 30.7 Å². The largest absolute Gasteiger partial charge is 0.486 e. The van der Waals surface area contributed by atoms with E-state index in [0.717, 1.165) is 16.8 Å². The molecule has 0 unspecified atom stereocenters. The minimum absolute atomic E-state index is 0.00730. The molecule has 2 aromatic carbocycles. The van der Waals surface area contributed by atoms with Gasteiger partial charge in [0.05, 0.1) is 28.0 Å². The zero-order valence-corrected chi connectivity index (χ0v) is 19.8. The fourth-order valence-corrected chi connectivity index (χ4v) is 5.74. The molecular weight excluding hydrogens is 487 g/mol. The molecule has 34 heavy (non-hydrogen) atoms. The summed E-state index contributed by atoms with van der Waals surface area (Å²) in [6, 6.07) is 8.02. The van der Waals surface area contributed by atoms with Gasteiger partial charge >= 0.3 is 5.97 Å². The molecule has 0 aliphatic carbocycles. The van der Waals surface area contributed by atoms with Crippen molar-refractivity contribution in [1.82, 2.24) is 4.57 Å². The molecule has 2 heterocycles. The van der Waals surface area contributed by atoms with Gasteiger partial charge in [0.15, 0.2) is 26.1 Å². The predicted molar refractivity (Wildman–Crippen MR) is 121 cm³/mol. The summed E-state index contributed by atoms with van der Waals surface area (Å²) < 4.78 is 56.1. The summed E-state index contributed by atoms with van der Waals surface area (Å²) in [7, 11) is -2.39. The number of rotatable bonds is 7. The Morgan fingerprint density at radius 2 is 1.82 bits per heavy atom. The summed E-state index contributed by atoms with van der Waals surface area (Å²) >= 11 is 1.19. The number of benzene rings is 2. The number of aromatic nitrogens is 1. The van der Waals surface area contributed by atoms with Crippen LogP contribution >= 0.6 is 11.3 Å². The average molecular weight is 509 g/mol. The SMILES string of the molecule is COC(=O)Cn1c(=NC(=O)CCCS(=O)(=O)c2ccc(F)cc2)sc2cc3c(cc21)OCCO3. The number of ether oxygens (including phenoxy) is 3. The number of thiazole rings is 1. The lowest BCUT2D eigenvalue weighted by Gasteiger charge is -2.18. The summed E-state index contributed by atoms with van der Waals surface area (Å²) in [5.74, 6) is -0.773. The van der Waals surface area contributed by atoms with Crippen molar-refractivity contribution in [3.63, 3.8) is 0 Å². The average Bonchev–Trinajstić information content (AvgIpc) is 3.13. The van der Waals surface area contributed by atoms with Crippen LogP contribution in [0.1, 0.15) is 12.8 Å². The molecule has 4 rings (SSSR count). The first-order valence-corrected chi connectivity index (χ1v) is 12.8. The summed E-state index contributed by atoms with van der Waals surface area (Å²) in [4.78, 5) is 28.9. The first-order chi connectivity index (χ1) is 16.3. The Balaban J connectivity index is 1.56. The van der Waals surface area contributed by atoms with Gasteiger partial charge in [0, 0.05) is 18.6 Å². The minimum Gasteiger partial charge on any atom is -0.486 e. The van der Waals surface area contributed by atoms with Crippen LogP contribution in [0.3, 0.4) is 0 Å². The van der Waals surface area contributed by atoms with Crippen LogP contribution in [0.25, 0.3) is 10.2 Å². The van der Waals surface area contributed by atoms with Crippen LogP contribution in [-0.4, -0.2) is 50.9 Å². The first-order valence-electron chi connectivity index (χ1n) is 10.3. The topological polar surface area (TPSA) is 113 Å². The van der Waals surface area contributed by atoms with Crippen LogP contribution in [0.15, 0.2) is 46.3 Å². The number of halogens is 1. The highest BCUT2D eigenvalue weighted by molar-refractivity contribution is 7.91. The summed E-state index contributed by atoms with van der Waals surface area (Å²) in [5.41, 5.74) is 0.630. The Labute approximate surface area is 198 Å². The zero-order chi connectivity index (χ0) is 24.3. The lowest BCUT2D eigenvalue weighted by atomic mass is 10.2. The van der Waals surface area contributed by atoms with Crippen molar-refractivity contribution >= 4 is 43.3 Å². The van der Waals surface area contributed by atoms with E-state index < -0.39 is 27.5 Å². The van der Waals surface area contributed by atoms with Gasteiger partial charge in [-0.1, -0.05) is 11.3 Å². The molecule has 0 N–H and O–H groups in total. The zero-order valence-electron chi connectivity index (χ0n) is 18.2. The van der Waals surface area contributed by atoms with Gasteiger partial charge < -0.3 is 18.8 Å². The number of carbonyl (C=O) groups excluding carboxylic acids is 2. The Bertz CT molecular complexity index is 1410. The third-order valence-corrected chi connectivity index (χ3v) is 7.92. The third kappa shape index (κ3) is 5.28. The number of amides is 1. The van der Waals surface area contributed by atoms with Crippen LogP contribution in [-0.2, 0) is 30.7 Å². The summed E-state index contributed by atoms with van der Waals surface area (Å²) in [6.07, 6.45) is -0.0739. The molecule has 0 saturated heterocycles. The van der Waals surface area contributed by atoms with E-state index in [9.17, 15) is 22.4 Å². The Kier molecular flexibility index (Phi) is 6.98. The molecule has 1 amide bonds. The fraction of sp³-hybridized carbons (Fsp3) is 0.318.